The second-order valence-electron chi connectivity index (χ2n) is 5.18. The second-order valence-corrected chi connectivity index (χ2v) is 5.18. The van der Waals surface area contributed by atoms with Crippen molar-refractivity contribution in [3.63, 3.8) is 0 Å². The van der Waals surface area contributed by atoms with Crippen LogP contribution in [0.1, 0.15) is 38.9 Å². The van der Waals surface area contributed by atoms with Crippen molar-refractivity contribution in [2.75, 3.05) is 0 Å². The Bertz CT molecular complexity index is 462. The first-order valence-corrected chi connectivity index (χ1v) is 5.88. The number of carbonyl (C=O) groups is 2. The summed E-state index contributed by atoms with van der Waals surface area (Å²) in [5, 5.41) is 15.4. The number of hydrogen-bond donors (Lipinski definition) is 2. The molecule has 1 aromatic heterocycles. The van der Waals surface area contributed by atoms with Crippen molar-refractivity contribution in [1.82, 2.24) is 15.1 Å². The van der Waals surface area contributed by atoms with Crippen LogP contribution in [0.4, 0.5) is 4.79 Å². The predicted octanol–water partition coefficient (Wildman–Crippen LogP) is 1.46. The lowest BCUT2D eigenvalue weighted by molar-refractivity contribution is -0.137. The number of nitrogens with one attached hydrogen (secondary N) is 1. The number of nitrogens with zero attached hydrogens (tertiary/aromatic N) is 2. The van der Waals surface area contributed by atoms with E-state index in [1.165, 1.54) is 4.68 Å². The zero-order chi connectivity index (χ0) is 14.6. The fourth-order valence-electron chi connectivity index (χ4n) is 1.58. The molecule has 7 nitrogen and oxygen atoms in total. The van der Waals surface area contributed by atoms with Gasteiger partial charge in [0.1, 0.15) is 5.60 Å². The zero-order valence-corrected chi connectivity index (χ0v) is 11.5. The molecule has 0 saturated heterocycles. The van der Waals surface area contributed by atoms with Crippen molar-refractivity contribution in [3.8, 4) is 0 Å². The van der Waals surface area contributed by atoms with Crippen molar-refractivity contribution in [2.24, 2.45) is 7.05 Å². The highest BCUT2D eigenvalue weighted by Gasteiger charge is 2.24. The van der Waals surface area contributed by atoms with Gasteiger partial charge in [-0.1, -0.05) is 0 Å². The van der Waals surface area contributed by atoms with Gasteiger partial charge in [-0.05, 0) is 26.8 Å². The molecule has 0 aliphatic heterocycles. The third-order valence-corrected chi connectivity index (χ3v) is 2.29. The molecule has 1 unspecified atom stereocenters. The lowest BCUT2D eigenvalue weighted by Crippen LogP contribution is -2.36. The van der Waals surface area contributed by atoms with Crippen LogP contribution in [0.25, 0.3) is 0 Å². The summed E-state index contributed by atoms with van der Waals surface area (Å²) in [6.07, 6.45) is 0.652. The summed E-state index contributed by atoms with van der Waals surface area (Å²) in [5.41, 5.74) is -0.0297. The van der Waals surface area contributed by atoms with E-state index in [4.69, 9.17) is 9.84 Å². The summed E-state index contributed by atoms with van der Waals surface area (Å²) >= 11 is 0. The van der Waals surface area contributed by atoms with Gasteiger partial charge < -0.3 is 15.2 Å². The van der Waals surface area contributed by atoms with Crippen LogP contribution in [0.2, 0.25) is 0 Å². The van der Waals surface area contributed by atoms with Crippen LogP contribution in [0.5, 0.6) is 0 Å². The molecule has 1 rings (SSSR count). The molecule has 0 spiro atoms. The van der Waals surface area contributed by atoms with Crippen molar-refractivity contribution in [1.29, 1.82) is 0 Å². The Labute approximate surface area is 111 Å². The van der Waals surface area contributed by atoms with E-state index in [0.717, 1.165) is 0 Å². The molecule has 2 N–H and O–H groups in total. The summed E-state index contributed by atoms with van der Waals surface area (Å²) in [7, 11) is 1.68. The maximum Gasteiger partial charge on any atom is 0.408 e. The minimum atomic E-state index is -1.01. The number of ether oxygens (including phenoxy) is 1. The zero-order valence-electron chi connectivity index (χ0n) is 11.5. The number of alkyl carbamates (subject to hydrolysis) is 1. The molecule has 0 aromatic carbocycles. The number of amides is 1. The molecular weight excluding hydrogens is 250 g/mol. The van der Waals surface area contributed by atoms with Crippen LogP contribution in [0, 0.1) is 0 Å². The molecule has 7 heteroatoms. The monoisotopic (exact) mass is 269 g/mol. The smallest absolute Gasteiger partial charge is 0.408 e. The molecular formula is C12H19N3O4. The number of aliphatic carboxylic acids is 1. The topological polar surface area (TPSA) is 93.5 Å². The SMILES string of the molecule is Cn1nccc1C(CC(=O)O)NC(=O)OC(C)(C)C. The predicted molar refractivity (Wildman–Crippen MR) is 67.6 cm³/mol. The van der Waals surface area contributed by atoms with E-state index >= 15 is 0 Å². The molecule has 1 amide bonds. The van der Waals surface area contributed by atoms with Crippen LogP contribution in [0.3, 0.4) is 0 Å². The van der Waals surface area contributed by atoms with Crippen molar-refractivity contribution in [2.45, 2.75) is 38.8 Å². The third kappa shape index (κ3) is 4.99. The van der Waals surface area contributed by atoms with E-state index in [-0.39, 0.29) is 6.42 Å². The van der Waals surface area contributed by atoms with E-state index in [1.54, 1.807) is 40.1 Å². The van der Waals surface area contributed by atoms with Crippen LogP contribution in [-0.2, 0) is 16.6 Å². The third-order valence-electron chi connectivity index (χ3n) is 2.29. The van der Waals surface area contributed by atoms with Gasteiger partial charge in [0.15, 0.2) is 0 Å². The number of rotatable bonds is 4. The lowest BCUT2D eigenvalue weighted by Gasteiger charge is -2.23. The molecule has 0 fully saturated rings. The standard InChI is InChI=1S/C12H19N3O4/c1-12(2,3)19-11(18)14-8(7-10(16)17)9-5-6-13-15(9)4/h5-6,8H,7H2,1-4H3,(H,14,18)(H,16,17). The largest absolute Gasteiger partial charge is 0.481 e. The lowest BCUT2D eigenvalue weighted by atomic mass is 10.1. The van der Waals surface area contributed by atoms with Gasteiger partial charge >= 0.3 is 12.1 Å². The van der Waals surface area contributed by atoms with Crippen LogP contribution < -0.4 is 5.32 Å². The summed E-state index contributed by atoms with van der Waals surface area (Å²) in [6, 6.07) is 0.977. The van der Waals surface area contributed by atoms with E-state index in [1.807, 2.05) is 0 Å². The molecule has 1 heterocycles. The fourth-order valence-corrected chi connectivity index (χ4v) is 1.58. The molecule has 0 aliphatic carbocycles. The number of carboxylic acids is 1. The Morgan fingerprint density at radius 1 is 1.53 bits per heavy atom. The molecule has 0 radical (unpaired) electrons. The average molecular weight is 269 g/mol. The highest BCUT2D eigenvalue weighted by atomic mass is 16.6. The first kappa shape index (κ1) is 15.0. The quantitative estimate of drug-likeness (QED) is 0.863. The van der Waals surface area contributed by atoms with Crippen LogP contribution in [-0.4, -0.2) is 32.6 Å². The minimum Gasteiger partial charge on any atom is -0.481 e. The van der Waals surface area contributed by atoms with E-state index in [9.17, 15) is 9.59 Å². The summed E-state index contributed by atoms with van der Waals surface area (Å²) < 4.78 is 6.63. The van der Waals surface area contributed by atoms with E-state index in [2.05, 4.69) is 10.4 Å². The molecule has 1 aromatic rings. The Hall–Kier alpha value is -2.05. The Morgan fingerprint density at radius 3 is 2.58 bits per heavy atom. The molecule has 1 atom stereocenters. The number of hydrogen-bond acceptors (Lipinski definition) is 4. The molecule has 0 aliphatic rings. The van der Waals surface area contributed by atoms with Gasteiger partial charge in [0.2, 0.25) is 0 Å². The molecule has 19 heavy (non-hydrogen) atoms. The van der Waals surface area contributed by atoms with Gasteiger partial charge in [0.25, 0.3) is 0 Å². The van der Waals surface area contributed by atoms with Crippen molar-refractivity contribution in [3.05, 3.63) is 18.0 Å². The number of aromatic nitrogens is 2. The molecule has 106 valence electrons. The fraction of sp³-hybridized carbons (Fsp3) is 0.583. The second kappa shape index (κ2) is 5.73. The summed E-state index contributed by atoms with van der Waals surface area (Å²) in [4.78, 5) is 22.6. The summed E-state index contributed by atoms with van der Waals surface area (Å²) in [6.45, 7) is 5.22. The first-order chi connectivity index (χ1) is 8.69. The maximum absolute atomic E-state index is 11.7. The number of carboxylic acid groups (broad SMARTS) is 1. The highest BCUT2D eigenvalue weighted by molar-refractivity contribution is 5.72. The van der Waals surface area contributed by atoms with Crippen LogP contribution in [0.15, 0.2) is 12.3 Å². The minimum absolute atomic E-state index is 0.237. The first-order valence-electron chi connectivity index (χ1n) is 5.88. The van der Waals surface area contributed by atoms with Gasteiger partial charge in [-0.15, -0.1) is 0 Å². The number of aryl methyl sites for hydroxylation is 1. The Morgan fingerprint density at radius 2 is 2.16 bits per heavy atom. The average Bonchev–Trinajstić information content (AvgIpc) is 2.59. The van der Waals surface area contributed by atoms with Crippen LogP contribution >= 0.6 is 0 Å². The van der Waals surface area contributed by atoms with Gasteiger partial charge in [-0.2, -0.15) is 5.10 Å². The van der Waals surface area contributed by atoms with Crippen molar-refractivity contribution >= 4 is 12.1 Å². The molecule has 0 bridgehead atoms. The van der Waals surface area contributed by atoms with Crippen molar-refractivity contribution < 1.29 is 19.4 Å². The van der Waals surface area contributed by atoms with Gasteiger partial charge in [-0.3, -0.25) is 9.48 Å². The molecule has 0 saturated carbocycles. The maximum atomic E-state index is 11.7. The normalized spacial score (nSPS) is 12.8. The highest BCUT2D eigenvalue weighted by Crippen LogP contribution is 2.17. The van der Waals surface area contributed by atoms with E-state index in [0.29, 0.717) is 5.69 Å². The van der Waals surface area contributed by atoms with Gasteiger partial charge in [-0.25, -0.2) is 4.79 Å². The van der Waals surface area contributed by atoms with Gasteiger partial charge in [0.05, 0.1) is 18.2 Å². The summed E-state index contributed by atoms with van der Waals surface area (Å²) in [5.74, 6) is -1.01. The Kier molecular flexibility index (Phi) is 4.52. The van der Waals surface area contributed by atoms with E-state index < -0.39 is 23.7 Å². The van der Waals surface area contributed by atoms with Gasteiger partial charge in [0, 0.05) is 13.2 Å². The number of carbonyl (C=O) groups excluding carboxylic acids is 1. The Balaban J connectivity index is 2.79.